The van der Waals surface area contributed by atoms with E-state index in [2.05, 4.69) is 5.32 Å². The molecule has 0 saturated carbocycles. The van der Waals surface area contributed by atoms with Gasteiger partial charge in [-0.1, -0.05) is 24.3 Å². The Hall–Kier alpha value is -3.34. The number of anilines is 2. The number of benzene rings is 3. The Kier molecular flexibility index (Phi) is 4.98. The summed E-state index contributed by atoms with van der Waals surface area (Å²) in [5.74, 6) is -0.559. The molecular weight excluding hydrogens is 379 g/mol. The van der Waals surface area contributed by atoms with E-state index in [4.69, 9.17) is 10.5 Å². The van der Waals surface area contributed by atoms with Crippen LogP contribution in [0.2, 0.25) is 0 Å². The summed E-state index contributed by atoms with van der Waals surface area (Å²) in [6, 6.07) is 10.9. The van der Waals surface area contributed by atoms with E-state index in [1.807, 2.05) is 45.0 Å². The van der Waals surface area contributed by atoms with E-state index in [0.29, 0.717) is 17.8 Å². The third kappa shape index (κ3) is 3.02. The van der Waals surface area contributed by atoms with Gasteiger partial charge in [0.15, 0.2) is 0 Å². The monoisotopic (exact) mass is 404 g/mol. The molecule has 0 fully saturated rings. The normalized spacial score (nSPS) is 12.0. The van der Waals surface area contributed by atoms with Gasteiger partial charge in [0.1, 0.15) is 5.82 Å². The first kappa shape index (κ1) is 20.0. The van der Waals surface area contributed by atoms with Gasteiger partial charge in [-0.3, -0.25) is 4.79 Å². The van der Waals surface area contributed by atoms with Crippen molar-refractivity contribution in [3.63, 3.8) is 0 Å². The van der Waals surface area contributed by atoms with Gasteiger partial charge in [-0.2, -0.15) is 0 Å². The van der Waals surface area contributed by atoms with Crippen LogP contribution < -0.4 is 11.1 Å². The molecule has 3 aromatic rings. The second kappa shape index (κ2) is 7.48. The van der Waals surface area contributed by atoms with Crippen molar-refractivity contribution in [2.75, 3.05) is 18.2 Å². The van der Waals surface area contributed by atoms with Crippen molar-refractivity contribution in [1.82, 2.24) is 0 Å². The average molecular weight is 404 g/mol. The fourth-order valence-electron chi connectivity index (χ4n) is 4.50. The number of halogens is 1. The molecule has 0 aromatic heterocycles. The number of fused-ring (bicyclic) bond motifs is 3. The molecule has 154 valence electrons. The van der Waals surface area contributed by atoms with E-state index in [-0.39, 0.29) is 18.2 Å². The van der Waals surface area contributed by atoms with E-state index in [9.17, 15) is 9.18 Å². The summed E-state index contributed by atoms with van der Waals surface area (Å²) in [6.45, 7) is 6.46. The molecule has 0 aliphatic carbocycles. The molecule has 30 heavy (non-hydrogen) atoms. The van der Waals surface area contributed by atoms with Crippen LogP contribution in [0.1, 0.15) is 27.8 Å². The van der Waals surface area contributed by atoms with Crippen molar-refractivity contribution in [2.45, 2.75) is 33.7 Å². The number of carbonyl (C=O) groups is 1. The minimum Gasteiger partial charge on any atom is -0.469 e. The van der Waals surface area contributed by atoms with Gasteiger partial charge < -0.3 is 15.8 Å². The average Bonchev–Trinajstić information content (AvgIpc) is 2.74. The number of nitrogens with two attached hydrogens (primary N) is 1. The Labute approximate surface area is 175 Å². The van der Waals surface area contributed by atoms with Gasteiger partial charge >= 0.3 is 5.97 Å². The Morgan fingerprint density at radius 2 is 1.77 bits per heavy atom. The standard InChI is InChI=1S/C25H25FN2O2/c1-13-17(8-6-10-20(13)27)22-15(3)23-24-16(7-5-9-19(24)26)12-28-25(23)14(2)18(22)11-21(29)30-4/h5-10,28H,11-12,27H2,1-4H3. The molecule has 0 bridgehead atoms. The van der Waals surface area contributed by atoms with Crippen molar-refractivity contribution in [1.29, 1.82) is 0 Å². The predicted molar refractivity (Wildman–Crippen MR) is 119 cm³/mol. The number of ether oxygens (including phenoxy) is 1. The Morgan fingerprint density at radius 3 is 2.50 bits per heavy atom. The molecule has 4 rings (SSSR count). The van der Waals surface area contributed by atoms with Gasteiger partial charge in [0, 0.05) is 29.0 Å². The maximum atomic E-state index is 15.0. The van der Waals surface area contributed by atoms with E-state index >= 15 is 0 Å². The molecule has 3 aromatic carbocycles. The van der Waals surface area contributed by atoms with Gasteiger partial charge in [-0.15, -0.1) is 0 Å². The first-order valence-corrected chi connectivity index (χ1v) is 9.95. The molecule has 1 aliphatic rings. The molecule has 0 radical (unpaired) electrons. The lowest BCUT2D eigenvalue weighted by molar-refractivity contribution is -0.139. The number of nitrogens with one attached hydrogen (secondary N) is 1. The second-order valence-electron chi connectivity index (χ2n) is 7.75. The highest BCUT2D eigenvalue weighted by atomic mass is 19.1. The van der Waals surface area contributed by atoms with Gasteiger partial charge in [0.05, 0.1) is 13.5 Å². The predicted octanol–water partition coefficient (Wildman–Crippen LogP) is 5.31. The van der Waals surface area contributed by atoms with Crippen molar-refractivity contribution in [3.8, 4) is 22.3 Å². The van der Waals surface area contributed by atoms with Crippen LogP contribution in [0.15, 0.2) is 36.4 Å². The van der Waals surface area contributed by atoms with Crippen molar-refractivity contribution in [2.24, 2.45) is 0 Å². The van der Waals surface area contributed by atoms with Gasteiger partial charge in [0.25, 0.3) is 0 Å². The van der Waals surface area contributed by atoms with Gasteiger partial charge in [-0.05, 0) is 71.8 Å². The second-order valence-corrected chi connectivity index (χ2v) is 7.75. The summed E-state index contributed by atoms with van der Waals surface area (Å²) in [4.78, 5) is 12.3. The number of hydrogen-bond donors (Lipinski definition) is 2. The van der Waals surface area contributed by atoms with E-state index in [1.54, 1.807) is 6.07 Å². The SMILES string of the molecule is COC(=O)Cc1c(C)c2c(c(C)c1-c1cccc(N)c1C)-c1c(F)cccc1CN2. The third-order valence-electron chi connectivity index (χ3n) is 6.13. The van der Waals surface area contributed by atoms with Crippen LogP contribution in [0.3, 0.4) is 0 Å². The number of carbonyl (C=O) groups excluding carboxylic acids is 1. The highest BCUT2D eigenvalue weighted by molar-refractivity contribution is 5.96. The number of methoxy groups -OCH3 is 1. The molecule has 0 saturated heterocycles. The molecule has 4 nitrogen and oxygen atoms in total. The highest BCUT2D eigenvalue weighted by Crippen LogP contribution is 2.48. The van der Waals surface area contributed by atoms with Crippen molar-refractivity contribution in [3.05, 3.63) is 70.0 Å². The van der Waals surface area contributed by atoms with Crippen LogP contribution in [-0.4, -0.2) is 13.1 Å². The zero-order valence-corrected chi connectivity index (χ0v) is 17.7. The lowest BCUT2D eigenvalue weighted by Gasteiger charge is -2.30. The van der Waals surface area contributed by atoms with Crippen molar-refractivity contribution >= 4 is 17.3 Å². The van der Waals surface area contributed by atoms with Gasteiger partial charge in [-0.25, -0.2) is 4.39 Å². The highest BCUT2D eigenvalue weighted by Gasteiger charge is 2.28. The smallest absolute Gasteiger partial charge is 0.310 e. The van der Waals surface area contributed by atoms with Crippen molar-refractivity contribution < 1.29 is 13.9 Å². The summed E-state index contributed by atoms with van der Waals surface area (Å²) in [6.07, 6.45) is 0.131. The lowest BCUT2D eigenvalue weighted by Crippen LogP contribution is -2.16. The minimum absolute atomic E-state index is 0.131. The zero-order valence-electron chi connectivity index (χ0n) is 17.7. The summed E-state index contributed by atoms with van der Waals surface area (Å²) >= 11 is 0. The molecule has 3 N–H and O–H groups in total. The van der Waals surface area contributed by atoms with Crippen LogP contribution in [-0.2, 0) is 22.5 Å². The lowest BCUT2D eigenvalue weighted by atomic mass is 9.80. The molecule has 0 spiro atoms. The Morgan fingerprint density at radius 1 is 1.03 bits per heavy atom. The molecule has 5 heteroatoms. The Bertz CT molecular complexity index is 1180. The first-order valence-electron chi connectivity index (χ1n) is 9.95. The van der Waals surface area contributed by atoms with Crippen LogP contribution in [0.25, 0.3) is 22.3 Å². The van der Waals surface area contributed by atoms with Crippen LogP contribution in [0.5, 0.6) is 0 Å². The van der Waals surface area contributed by atoms with E-state index in [1.165, 1.54) is 13.2 Å². The van der Waals surface area contributed by atoms with Crippen LogP contribution in [0.4, 0.5) is 15.8 Å². The third-order valence-corrected chi connectivity index (χ3v) is 6.13. The van der Waals surface area contributed by atoms with Gasteiger partial charge in [0.2, 0.25) is 0 Å². The van der Waals surface area contributed by atoms with Crippen LogP contribution in [0, 0.1) is 26.6 Å². The number of esters is 1. The minimum atomic E-state index is -0.317. The largest absolute Gasteiger partial charge is 0.469 e. The molecule has 0 atom stereocenters. The zero-order chi connectivity index (χ0) is 21.6. The number of nitrogen functional groups attached to an aromatic ring is 1. The van der Waals surface area contributed by atoms with Crippen LogP contribution >= 0.6 is 0 Å². The van der Waals surface area contributed by atoms with E-state index in [0.717, 1.165) is 50.2 Å². The molecule has 0 amide bonds. The summed E-state index contributed by atoms with van der Waals surface area (Å²) in [5, 5.41) is 3.45. The molecule has 1 heterocycles. The maximum absolute atomic E-state index is 15.0. The fourth-order valence-corrected chi connectivity index (χ4v) is 4.50. The fraction of sp³-hybridized carbons (Fsp3) is 0.240. The summed E-state index contributed by atoms with van der Waals surface area (Å²) in [5.41, 5.74) is 15.6. The quantitative estimate of drug-likeness (QED) is 0.459. The molecule has 1 aliphatic heterocycles. The summed E-state index contributed by atoms with van der Waals surface area (Å²) in [7, 11) is 1.39. The number of rotatable bonds is 3. The Balaban J connectivity index is 2.12. The summed E-state index contributed by atoms with van der Waals surface area (Å²) < 4.78 is 20.0. The number of hydrogen-bond acceptors (Lipinski definition) is 4. The first-order chi connectivity index (χ1) is 14.3. The molecule has 0 unspecified atom stereocenters. The van der Waals surface area contributed by atoms with E-state index < -0.39 is 0 Å². The topological polar surface area (TPSA) is 64.3 Å². The molecular formula is C25H25FN2O2. The maximum Gasteiger partial charge on any atom is 0.310 e.